The van der Waals surface area contributed by atoms with Crippen LogP contribution in [-0.4, -0.2) is 14.8 Å². The maximum absolute atomic E-state index is 5.10. The van der Waals surface area contributed by atoms with E-state index in [1.807, 2.05) is 35.1 Å². The number of nitrogens with zero attached hydrogens (tertiary/aromatic N) is 4. The van der Waals surface area contributed by atoms with Crippen LogP contribution in [0.1, 0.15) is 0 Å². The predicted molar refractivity (Wildman–Crippen MR) is 139 cm³/mol. The molecule has 0 fully saturated rings. The smallest absolute Gasteiger partial charge is 0.138 e. The van der Waals surface area contributed by atoms with Gasteiger partial charge in [-0.25, -0.2) is 9.67 Å². The Labute approximate surface area is 198 Å². The lowest BCUT2D eigenvalue weighted by atomic mass is 10.0. The van der Waals surface area contributed by atoms with Crippen molar-refractivity contribution in [2.24, 2.45) is 0 Å². The molecule has 0 spiro atoms. The Morgan fingerprint density at radius 3 is 2.24 bits per heavy atom. The molecule has 0 atom stereocenters. The Morgan fingerprint density at radius 2 is 1.38 bits per heavy atom. The molecule has 0 unspecified atom stereocenters. The SMILES string of the molecule is c1ccc(N(c2cccc(-n3cccn3)c2)c2cccc(-c3ccc4ccccc4c3)n2)cc1. The first-order chi connectivity index (χ1) is 16.8. The number of pyridine rings is 1. The van der Waals surface area contributed by atoms with Crippen molar-refractivity contribution in [2.75, 3.05) is 4.90 Å². The predicted octanol–water partition coefficient (Wildman–Crippen LogP) is 7.56. The highest BCUT2D eigenvalue weighted by Gasteiger charge is 2.15. The van der Waals surface area contributed by atoms with Crippen LogP contribution in [0.5, 0.6) is 0 Å². The Kier molecular flexibility index (Phi) is 5.09. The summed E-state index contributed by atoms with van der Waals surface area (Å²) in [6, 6.07) is 41.7. The van der Waals surface area contributed by atoms with Gasteiger partial charge in [0.15, 0.2) is 0 Å². The Morgan fingerprint density at radius 1 is 0.588 bits per heavy atom. The molecule has 0 aliphatic heterocycles. The van der Waals surface area contributed by atoms with Gasteiger partial charge in [0.05, 0.1) is 11.4 Å². The standard InChI is InChI=1S/C30H22N4/c1-2-11-26(12-3-1)34(28-14-6-13-27(22-28)33-20-8-19-31-33)30-16-7-15-29(32-30)25-18-17-23-9-4-5-10-24(23)21-25/h1-22H. The summed E-state index contributed by atoms with van der Waals surface area (Å²) in [5, 5.41) is 6.83. The van der Waals surface area contributed by atoms with Crippen molar-refractivity contribution in [3.8, 4) is 16.9 Å². The van der Waals surface area contributed by atoms with Crippen molar-refractivity contribution in [1.82, 2.24) is 14.8 Å². The van der Waals surface area contributed by atoms with Crippen LogP contribution in [0.2, 0.25) is 0 Å². The van der Waals surface area contributed by atoms with Crippen molar-refractivity contribution >= 4 is 28.0 Å². The van der Waals surface area contributed by atoms with Crippen LogP contribution < -0.4 is 4.90 Å². The highest BCUT2D eigenvalue weighted by Crippen LogP contribution is 2.35. The van der Waals surface area contributed by atoms with E-state index < -0.39 is 0 Å². The zero-order valence-electron chi connectivity index (χ0n) is 18.5. The summed E-state index contributed by atoms with van der Waals surface area (Å²) in [7, 11) is 0. The summed E-state index contributed by atoms with van der Waals surface area (Å²) in [5.41, 5.74) is 5.09. The summed E-state index contributed by atoms with van der Waals surface area (Å²) in [5.74, 6) is 0.856. The lowest BCUT2D eigenvalue weighted by Crippen LogP contribution is -2.12. The molecule has 2 heterocycles. The number of aromatic nitrogens is 3. The van der Waals surface area contributed by atoms with E-state index >= 15 is 0 Å². The van der Waals surface area contributed by atoms with Crippen molar-refractivity contribution in [2.45, 2.75) is 0 Å². The Bertz CT molecular complexity index is 1560. The van der Waals surface area contributed by atoms with Gasteiger partial charge in [-0.1, -0.05) is 66.7 Å². The van der Waals surface area contributed by atoms with E-state index in [9.17, 15) is 0 Å². The van der Waals surface area contributed by atoms with Crippen LogP contribution in [0, 0.1) is 0 Å². The third-order valence-corrected chi connectivity index (χ3v) is 5.88. The molecule has 0 saturated carbocycles. The number of para-hydroxylation sites is 1. The minimum atomic E-state index is 0.856. The van der Waals surface area contributed by atoms with Gasteiger partial charge in [-0.05, 0) is 65.4 Å². The molecular weight excluding hydrogens is 416 g/mol. The summed E-state index contributed by atoms with van der Waals surface area (Å²) in [4.78, 5) is 7.28. The summed E-state index contributed by atoms with van der Waals surface area (Å²) in [6.07, 6.45) is 3.74. The molecule has 0 radical (unpaired) electrons. The van der Waals surface area contributed by atoms with Crippen molar-refractivity contribution in [3.63, 3.8) is 0 Å². The molecule has 0 saturated heterocycles. The Hall–Kier alpha value is -4.70. The first kappa shape index (κ1) is 19.9. The number of hydrogen-bond acceptors (Lipinski definition) is 3. The molecule has 6 rings (SSSR count). The molecule has 6 aromatic rings. The molecule has 0 aliphatic carbocycles. The number of anilines is 3. The fourth-order valence-corrected chi connectivity index (χ4v) is 4.24. The minimum absolute atomic E-state index is 0.856. The zero-order valence-corrected chi connectivity index (χ0v) is 18.5. The molecule has 2 aromatic heterocycles. The number of hydrogen-bond donors (Lipinski definition) is 0. The zero-order chi connectivity index (χ0) is 22.7. The van der Waals surface area contributed by atoms with Gasteiger partial charge in [-0.3, -0.25) is 4.90 Å². The number of benzene rings is 4. The summed E-state index contributed by atoms with van der Waals surface area (Å²) < 4.78 is 1.87. The molecule has 34 heavy (non-hydrogen) atoms. The molecule has 0 bridgehead atoms. The highest BCUT2D eigenvalue weighted by atomic mass is 15.3. The van der Waals surface area contributed by atoms with Crippen molar-refractivity contribution in [1.29, 1.82) is 0 Å². The molecule has 4 heteroatoms. The average molecular weight is 439 g/mol. The van der Waals surface area contributed by atoms with Gasteiger partial charge in [0.2, 0.25) is 0 Å². The van der Waals surface area contributed by atoms with Crippen LogP contribution in [0.25, 0.3) is 27.7 Å². The van der Waals surface area contributed by atoms with Gasteiger partial charge in [-0.15, -0.1) is 0 Å². The molecule has 0 aliphatic rings. The van der Waals surface area contributed by atoms with Crippen molar-refractivity contribution < 1.29 is 0 Å². The molecule has 4 nitrogen and oxygen atoms in total. The number of rotatable bonds is 5. The van der Waals surface area contributed by atoms with Crippen LogP contribution in [-0.2, 0) is 0 Å². The van der Waals surface area contributed by atoms with E-state index in [4.69, 9.17) is 4.98 Å². The monoisotopic (exact) mass is 438 g/mol. The van der Waals surface area contributed by atoms with Gasteiger partial charge >= 0.3 is 0 Å². The first-order valence-electron chi connectivity index (χ1n) is 11.3. The fraction of sp³-hybridized carbons (Fsp3) is 0. The van der Waals surface area contributed by atoms with Gasteiger partial charge in [0, 0.05) is 29.3 Å². The van der Waals surface area contributed by atoms with Crippen LogP contribution in [0.15, 0.2) is 134 Å². The second-order valence-corrected chi connectivity index (χ2v) is 8.08. The van der Waals surface area contributed by atoms with E-state index in [-0.39, 0.29) is 0 Å². The van der Waals surface area contributed by atoms with E-state index in [0.29, 0.717) is 0 Å². The van der Waals surface area contributed by atoms with E-state index in [2.05, 4.69) is 107 Å². The third kappa shape index (κ3) is 3.82. The first-order valence-corrected chi connectivity index (χ1v) is 11.3. The normalized spacial score (nSPS) is 10.9. The minimum Gasteiger partial charge on any atom is -0.295 e. The maximum Gasteiger partial charge on any atom is 0.138 e. The molecule has 0 N–H and O–H groups in total. The van der Waals surface area contributed by atoms with E-state index in [0.717, 1.165) is 34.1 Å². The molecule has 162 valence electrons. The fourth-order valence-electron chi connectivity index (χ4n) is 4.24. The van der Waals surface area contributed by atoms with Crippen LogP contribution in [0.4, 0.5) is 17.2 Å². The molecule has 4 aromatic carbocycles. The second kappa shape index (κ2) is 8.68. The van der Waals surface area contributed by atoms with Crippen molar-refractivity contribution in [3.05, 3.63) is 134 Å². The van der Waals surface area contributed by atoms with Crippen LogP contribution >= 0.6 is 0 Å². The van der Waals surface area contributed by atoms with Crippen LogP contribution in [0.3, 0.4) is 0 Å². The summed E-state index contributed by atoms with van der Waals surface area (Å²) in [6.45, 7) is 0. The van der Waals surface area contributed by atoms with Gasteiger partial charge < -0.3 is 0 Å². The van der Waals surface area contributed by atoms with E-state index in [1.165, 1.54) is 10.8 Å². The molecule has 0 amide bonds. The Balaban J connectivity index is 1.47. The largest absolute Gasteiger partial charge is 0.295 e. The third-order valence-electron chi connectivity index (χ3n) is 5.88. The van der Waals surface area contributed by atoms with E-state index in [1.54, 1.807) is 6.20 Å². The van der Waals surface area contributed by atoms with Gasteiger partial charge in [-0.2, -0.15) is 5.10 Å². The maximum atomic E-state index is 5.10. The topological polar surface area (TPSA) is 34.0 Å². The van der Waals surface area contributed by atoms with Gasteiger partial charge in [0.25, 0.3) is 0 Å². The average Bonchev–Trinajstić information content (AvgIpc) is 3.45. The lowest BCUT2D eigenvalue weighted by molar-refractivity contribution is 0.880. The molecular formula is C30H22N4. The lowest BCUT2D eigenvalue weighted by Gasteiger charge is -2.25. The quantitative estimate of drug-likeness (QED) is 0.278. The second-order valence-electron chi connectivity index (χ2n) is 8.08. The van der Waals surface area contributed by atoms with Gasteiger partial charge in [0.1, 0.15) is 5.82 Å². The number of fused-ring (bicyclic) bond motifs is 1. The summed E-state index contributed by atoms with van der Waals surface area (Å²) >= 11 is 0. The highest BCUT2D eigenvalue weighted by molar-refractivity contribution is 5.87.